The van der Waals surface area contributed by atoms with Gasteiger partial charge in [0.25, 0.3) is 0 Å². The summed E-state index contributed by atoms with van der Waals surface area (Å²) in [7, 11) is 0. The van der Waals surface area contributed by atoms with Crippen LogP contribution in [0.4, 0.5) is 0 Å². The maximum Gasteiger partial charge on any atom is 0.221 e. The van der Waals surface area contributed by atoms with Gasteiger partial charge in [0.15, 0.2) is 0 Å². The highest BCUT2D eigenvalue weighted by Gasteiger charge is 2.08. The van der Waals surface area contributed by atoms with Gasteiger partial charge in [-0.05, 0) is 25.3 Å². The molecule has 0 aliphatic carbocycles. The van der Waals surface area contributed by atoms with E-state index in [0.717, 1.165) is 26.1 Å². The Morgan fingerprint density at radius 2 is 1.86 bits per heavy atom. The van der Waals surface area contributed by atoms with Crippen LogP contribution in [0.2, 0.25) is 0 Å². The van der Waals surface area contributed by atoms with Crippen molar-refractivity contribution in [1.29, 1.82) is 0 Å². The number of amides is 1. The minimum atomic E-state index is 0.135. The lowest BCUT2D eigenvalue weighted by Crippen LogP contribution is -2.28. The van der Waals surface area contributed by atoms with Crippen molar-refractivity contribution in [1.82, 2.24) is 10.6 Å². The number of hydrogen-bond donors (Lipinski definition) is 2. The van der Waals surface area contributed by atoms with Crippen LogP contribution in [-0.4, -0.2) is 25.5 Å². The zero-order valence-corrected chi connectivity index (χ0v) is 9.94. The number of carbonyl (C=O) groups excluding carboxylic acids is 1. The molecule has 0 heterocycles. The van der Waals surface area contributed by atoms with Crippen LogP contribution in [0.25, 0.3) is 0 Å². The van der Waals surface area contributed by atoms with Gasteiger partial charge in [0.2, 0.25) is 5.91 Å². The molecule has 0 aromatic heterocycles. The number of nitrogens with one attached hydrogen (secondary N) is 2. The molecule has 0 aromatic carbocycles. The van der Waals surface area contributed by atoms with Crippen LogP contribution in [0, 0.1) is 5.41 Å². The van der Waals surface area contributed by atoms with Gasteiger partial charge in [0, 0.05) is 19.5 Å². The van der Waals surface area contributed by atoms with E-state index in [1.54, 1.807) is 0 Å². The molecule has 0 atom stereocenters. The molecule has 84 valence electrons. The maximum atomic E-state index is 11.1. The normalized spacial score (nSPS) is 11.4. The summed E-state index contributed by atoms with van der Waals surface area (Å²) in [6.07, 6.45) is 1.72. The SMILES string of the molecule is CCNC(=O)CCNCCC(C)(C)C. The average molecular weight is 200 g/mol. The number of hydrogen-bond acceptors (Lipinski definition) is 2. The number of rotatable bonds is 6. The van der Waals surface area contributed by atoms with Crippen molar-refractivity contribution in [3.05, 3.63) is 0 Å². The van der Waals surface area contributed by atoms with Gasteiger partial charge in [-0.2, -0.15) is 0 Å². The molecular weight excluding hydrogens is 176 g/mol. The second-order valence-electron chi connectivity index (χ2n) is 4.76. The summed E-state index contributed by atoms with van der Waals surface area (Å²) in [6, 6.07) is 0. The summed E-state index contributed by atoms with van der Waals surface area (Å²) in [5.74, 6) is 0.135. The highest BCUT2D eigenvalue weighted by atomic mass is 16.1. The third-order valence-electron chi connectivity index (χ3n) is 1.95. The van der Waals surface area contributed by atoms with E-state index in [-0.39, 0.29) is 5.91 Å². The summed E-state index contributed by atoms with van der Waals surface area (Å²) in [5.41, 5.74) is 0.374. The molecule has 0 aliphatic heterocycles. The van der Waals surface area contributed by atoms with E-state index in [0.29, 0.717) is 11.8 Å². The smallest absolute Gasteiger partial charge is 0.221 e. The van der Waals surface area contributed by atoms with Gasteiger partial charge < -0.3 is 10.6 Å². The van der Waals surface area contributed by atoms with Crippen molar-refractivity contribution < 1.29 is 4.79 Å². The largest absolute Gasteiger partial charge is 0.356 e. The van der Waals surface area contributed by atoms with Crippen molar-refractivity contribution in [2.45, 2.75) is 40.5 Å². The fourth-order valence-electron chi connectivity index (χ4n) is 1.08. The molecule has 0 saturated carbocycles. The van der Waals surface area contributed by atoms with Gasteiger partial charge in [-0.1, -0.05) is 20.8 Å². The molecule has 2 N–H and O–H groups in total. The predicted octanol–water partition coefficient (Wildman–Crippen LogP) is 1.54. The van der Waals surface area contributed by atoms with Crippen LogP contribution < -0.4 is 10.6 Å². The fourth-order valence-corrected chi connectivity index (χ4v) is 1.08. The summed E-state index contributed by atoms with van der Waals surface area (Å²) in [5, 5.41) is 6.04. The zero-order valence-electron chi connectivity index (χ0n) is 9.94. The Morgan fingerprint density at radius 1 is 1.21 bits per heavy atom. The molecule has 0 fully saturated rings. The molecule has 14 heavy (non-hydrogen) atoms. The molecule has 1 amide bonds. The second-order valence-corrected chi connectivity index (χ2v) is 4.76. The van der Waals surface area contributed by atoms with E-state index >= 15 is 0 Å². The molecule has 0 aromatic rings. The maximum absolute atomic E-state index is 11.1. The van der Waals surface area contributed by atoms with Gasteiger partial charge >= 0.3 is 0 Å². The van der Waals surface area contributed by atoms with Gasteiger partial charge in [0.05, 0.1) is 0 Å². The lowest BCUT2D eigenvalue weighted by atomic mass is 9.92. The first-order chi connectivity index (χ1) is 6.45. The van der Waals surface area contributed by atoms with Crippen LogP contribution in [0.3, 0.4) is 0 Å². The van der Waals surface area contributed by atoms with E-state index < -0.39 is 0 Å². The Balaban J connectivity index is 3.26. The monoisotopic (exact) mass is 200 g/mol. The molecular formula is C11H24N2O. The lowest BCUT2D eigenvalue weighted by Gasteiger charge is -2.17. The Labute approximate surface area is 87.6 Å². The minimum Gasteiger partial charge on any atom is -0.356 e. The Bertz CT molecular complexity index is 161. The first-order valence-electron chi connectivity index (χ1n) is 5.43. The van der Waals surface area contributed by atoms with Gasteiger partial charge in [-0.25, -0.2) is 0 Å². The van der Waals surface area contributed by atoms with E-state index in [1.165, 1.54) is 0 Å². The van der Waals surface area contributed by atoms with E-state index in [1.807, 2.05) is 6.92 Å². The van der Waals surface area contributed by atoms with Crippen LogP contribution in [0.5, 0.6) is 0 Å². The van der Waals surface area contributed by atoms with Crippen molar-refractivity contribution in [3.63, 3.8) is 0 Å². The Hall–Kier alpha value is -0.570. The van der Waals surface area contributed by atoms with Crippen LogP contribution in [-0.2, 0) is 4.79 Å². The molecule has 3 nitrogen and oxygen atoms in total. The highest BCUT2D eigenvalue weighted by molar-refractivity contribution is 5.75. The van der Waals surface area contributed by atoms with Gasteiger partial charge in [0.1, 0.15) is 0 Å². The summed E-state index contributed by atoms with van der Waals surface area (Å²) in [4.78, 5) is 11.1. The van der Waals surface area contributed by atoms with Crippen LogP contribution >= 0.6 is 0 Å². The third-order valence-corrected chi connectivity index (χ3v) is 1.95. The summed E-state index contributed by atoms with van der Waals surface area (Å²) < 4.78 is 0. The fraction of sp³-hybridized carbons (Fsp3) is 0.909. The zero-order chi connectivity index (χ0) is 11.0. The van der Waals surface area contributed by atoms with Gasteiger partial charge in [-0.15, -0.1) is 0 Å². The molecule has 0 aliphatic rings. The topological polar surface area (TPSA) is 41.1 Å². The predicted molar refractivity (Wildman–Crippen MR) is 60.2 cm³/mol. The molecule has 0 bridgehead atoms. The lowest BCUT2D eigenvalue weighted by molar-refractivity contribution is -0.120. The molecule has 0 radical (unpaired) electrons. The Kier molecular flexibility index (Phi) is 6.54. The van der Waals surface area contributed by atoms with Crippen molar-refractivity contribution in [2.24, 2.45) is 5.41 Å². The van der Waals surface area contributed by atoms with Crippen molar-refractivity contribution >= 4 is 5.91 Å². The van der Waals surface area contributed by atoms with E-state index in [9.17, 15) is 4.79 Å². The van der Waals surface area contributed by atoms with Crippen LogP contribution in [0.1, 0.15) is 40.5 Å². The average Bonchev–Trinajstić information content (AvgIpc) is 2.02. The van der Waals surface area contributed by atoms with Gasteiger partial charge in [-0.3, -0.25) is 4.79 Å². The van der Waals surface area contributed by atoms with E-state index in [4.69, 9.17) is 0 Å². The standard InChI is InChI=1S/C11H24N2O/c1-5-13-10(14)6-8-12-9-7-11(2,3)4/h12H,5-9H2,1-4H3,(H,13,14). The Morgan fingerprint density at radius 3 is 2.36 bits per heavy atom. The first-order valence-corrected chi connectivity index (χ1v) is 5.43. The van der Waals surface area contributed by atoms with Crippen molar-refractivity contribution in [3.8, 4) is 0 Å². The third kappa shape index (κ3) is 9.52. The molecule has 0 unspecified atom stereocenters. The van der Waals surface area contributed by atoms with E-state index in [2.05, 4.69) is 31.4 Å². The first kappa shape index (κ1) is 13.4. The summed E-state index contributed by atoms with van der Waals surface area (Å²) in [6.45, 7) is 11.1. The second kappa shape index (κ2) is 6.82. The van der Waals surface area contributed by atoms with Crippen molar-refractivity contribution in [2.75, 3.05) is 19.6 Å². The minimum absolute atomic E-state index is 0.135. The molecule has 0 rings (SSSR count). The number of carbonyl (C=O) groups is 1. The highest BCUT2D eigenvalue weighted by Crippen LogP contribution is 2.16. The molecule has 0 saturated heterocycles. The molecule has 0 spiro atoms. The quantitative estimate of drug-likeness (QED) is 0.639. The summed E-state index contributed by atoms with van der Waals surface area (Å²) >= 11 is 0. The molecule has 3 heteroatoms. The van der Waals surface area contributed by atoms with Crippen LogP contribution in [0.15, 0.2) is 0 Å².